The molecular weight excluding hydrogens is 256 g/mol. The fourth-order valence-corrected chi connectivity index (χ4v) is 4.56. The summed E-state index contributed by atoms with van der Waals surface area (Å²) in [5.74, 6) is 1.81. The van der Waals surface area contributed by atoms with E-state index in [1.807, 2.05) is 0 Å². The second-order valence-electron chi connectivity index (χ2n) is 7.70. The Kier molecular flexibility index (Phi) is 7.53. The zero-order valence-electron chi connectivity index (χ0n) is 14.7. The fourth-order valence-electron chi connectivity index (χ4n) is 4.56. The molecule has 2 heteroatoms. The van der Waals surface area contributed by atoms with Crippen molar-refractivity contribution in [3.05, 3.63) is 0 Å². The second-order valence-corrected chi connectivity index (χ2v) is 7.70. The van der Waals surface area contributed by atoms with E-state index in [0.717, 1.165) is 23.9 Å². The SMILES string of the molecule is CCCC(C)CN1CC(C2CCCCC2)NCC1CCC. The Morgan fingerprint density at radius 1 is 1.10 bits per heavy atom. The summed E-state index contributed by atoms with van der Waals surface area (Å²) in [5.41, 5.74) is 0. The minimum absolute atomic E-state index is 0.771. The van der Waals surface area contributed by atoms with Crippen LogP contribution >= 0.6 is 0 Å². The number of piperazine rings is 1. The lowest BCUT2D eigenvalue weighted by molar-refractivity contribution is 0.0772. The van der Waals surface area contributed by atoms with Crippen LogP contribution in [0.15, 0.2) is 0 Å². The minimum atomic E-state index is 0.771. The molecule has 21 heavy (non-hydrogen) atoms. The summed E-state index contributed by atoms with van der Waals surface area (Å²) >= 11 is 0. The lowest BCUT2D eigenvalue weighted by Gasteiger charge is -2.45. The van der Waals surface area contributed by atoms with Crippen molar-refractivity contribution in [2.24, 2.45) is 11.8 Å². The van der Waals surface area contributed by atoms with Crippen molar-refractivity contribution in [3.63, 3.8) is 0 Å². The molecule has 2 nitrogen and oxygen atoms in total. The summed E-state index contributed by atoms with van der Waals surface area (Å²) in [6, 6.07) is 1.56. The average Bonchev–Trinajstić information content (AvgIpc) is 2.50. The molecule has 0 spiro atoms. The maximum absolute atomic E-state index is 3.92. The van der Waals surface area contributed by atoms with Crippen molar-refractivity contribution in [3.8, 4) is 0 Å². The molecule has 2 rings (SSSR count). The summed E-state index contributed by atoms with van der Waals surface area (Å²) in [7, 11) is 0. The molecule has 0 amide bonds. The zero-order chi connectivity index (χ0) is 15.1. The normalized spacial score (nSPS) is 30.4. The summed E-state index contributed by atoms with van der Waals surface area (Å²) < 4.78 is 0. The highest BCUT2D eigenvalue weighted by Gasteiger charge is 2.32. The van der Waals surface area contributed by atoms with E-state index in [1.54, 1.807) is 0 Å². The molecule has 3 atom stereocenters. The van der Waals surface area contributed by atoms with Crippen molar-refractivity contribution in [1.29, 1.82) is 0 Å². The van der Waals surface area contributed by atoms with E-state index in [4.69, 9.17) is 0 Å². The predicted octanol–water partition coefficient (Wildman–Crippen LogP) is 4.45. The maximum Gasteiger partial charge on any atom is 0.0224 e. The third kappa shape index (κ3) is 5.25. The number of rotatable bonds is 7. The Hall–Kier alpha value is -0.0800. The highest BCUT2D eigenvalue weighted by Crippen LogP contribution is 2.29. The molecule has 1 aliphatic carbocycles. The second kappa shape index (κ2) is 9.15. The molecule has 0 aromatic heterocycles. The van der Waals surface area contributed by atoms with Gasteiger partial charge in [-0.3, -0.25) is 4.90 Å². The Morgan fingerprint density at radius 3 is 2.52 bits per heavy atom. The van der Waals surface area contributed by atoms with Gasteiger partial charge in [0, 0.05) is 31.7 Å². The van der Waals surface area contributed by atoms with E-state index >= 15 is 0 Å². The van der Waals surface area contributed by atoms with Gasteiger partial charge in [0.25, 0.3) is 0 Å². The average molecular weight is 295 g/mol. The van der Waals surface area contributed by atoms with Gasteiger partial charge in [-0.2, -0.15) is 0 Å². The van der Waals surface area contributed by atoms with E-state index in [9.17, 15) is 0 Å². The fraction of sp³-hybridized carbons (Fsp3) is 1.00. The van der Waals surface area contributed by atoms with Gasteiger partial charge in [-0.05, 0) is 37.5 Å². The summed E-state index contributed by atoms with van der Waals surface area (Å²) in [5, 5.41) is 3.92. The Bertz CT molecular complexity index is 273. The van der Waals surface area contributed by atoms with Crippen LogP contribution in [0.5, 0.6) is 0 Å². The Balaban J connectivity index is 1.90. The van der Waals surface area contributed by atoms with Crippen molar-refractivity contribution < 1.29 is 0 Å². The van der Waals surface area contributed by atoms with Crippen LogP contribution in [0.4, 0.5) is 0 Å². The van der Waals surface area contributed by atoms with Crippen LogP contribution in [0.2, 0.25) is 0 Å². The molecule has 1 saturated heterocycles. The monoisotopic (exact) mass is 294 g/mol. The minimum Gasteiger partial charge on any atom is -0.311 e. The molecule has 0 radical (unpaired) electrons. The van der Waals surface area contributed by atoms with Gasteiger partial charge in [-0.1, -0.05) is 52.9 Å². The first kappa shape index (κ1) is 17.3. The van der Waals surface area contributed by atoms with Gasteiger partial charge in [0.15, 0.2) is 0 Å². The maximum atomic E-state index is 3.92. The van der Waals surface area contributed by atoms with Gasteiger partial charge in [0.05, 0.1) is 0 Å². The van der Waals surface area contributed by atoms with E-state index < -0.39 is 0 Å². The van der Waals surface area contributed by atoms with Crippen LogP contribution in [-0.4, -0.2) is 36.6 Å². The number of nitrogens with one attached hydrogen (secondary N) is 1. The van der Waals surface area contributed by atoms with Crippen LogP contribution in [-0.2, 0) is 0 Å². The lowest BCUT2D eigenvalue weighted by atomic mass is 9.82. The highest BCUT2D eigenvalue weighted by atomic mass is 15.2. The van der Waals surface area contributed by atoms with Crippen LogP contribution in [0, 0.1) is 11.8 Å². The van der Waals surface area contributed by atoms with E-state index in [2.05, 4.69) is 31.0 Å². The molecule has 0 aromatic rings. The Morgan fingerprint density at radius 2 is 1.86 bits per heavy atom. The molecule has 1 saturated carbocycles. The molecule has 0 bridgehead atoms. The third-order valence-corrected chi connectivity index (χ3v) is 5.73. The van der Waals surface area contributed by atoms with Crippen LogP contribution in [0.1, 0.15) is 78.6 Å². The van der Waals surface area contributed by atoms with Gasteiger partial charge < -0.3 is 5.32 Å². The molecule has 0 aromatic carbocycles. The first-order chi connectivity index (χ1) is 10.2. The molecule has 3 unspecified atom stereocenters. The summed E-state index contributed by atoms with van der Waals surface area (Å²) in [6.45, 7) is 11.0. The molecule has 1 heterocycles. The predicted molar refractivity (Wildman–Crippen MR) is 92.7 cm³/mol. The first-order valence-electron chi connectivity index (χ1n) is 9.72. The number of nitrogens with zero attached hydrogens (tertiary/aromatic N) is 1. The lowest BCUT2D eigenvalue weighted by Crippen LogP contribution is -2.59. The van der Waals surface area contributed by atoms with Gasteiger partial charge >= 0.3 is 0 Å². The zero-order valence-corrected chi connectivity index (χ0v) is 14.7. The molecule has 1 aliphatic heterocycles. The van der Waals surface area contributed by atoms with E-state index in [-0.39, 0.29) is 0 Å². The van der Waals surface area contributed by atoms with Crippen molar-refractivity contribution >= 4 is 0 Å². The van der Waals surface area contributed by atoms with E-state index in [1.165, 1.54) is 77.4 Å². The van der Waals surface area contributed by atoms with Crippen LogP contribution < -0.4 is 5.32 Å². The highest BCUT2D eigenvalue weighted by molar-refractivity contribution is 4.90. The molecule has 1 N–H and O–H groups in total. The Labute approximate surface area is 133 Å². The van der Waals surface area contributed by atoms with Crippen LogP contribution in [0.3, 0.4) is 0 Å². The summed E-state index contributed by atoms with van der Waals surface area (Å²) in [6.07, 6.45) is 12.7. The van der Waals surface area contributed by atoms with E-state index in [0.29, 0.717) is 0 Å². The largest absolute Gasteiger partial charge is 0.311 e. The quantitative estimate of drug-likeness (QED) is 0.746. The van der Waals surface area contributed by atoms with Gasteiger partial charge in [-0.15, -0.1) is 0 Å². The summed E-state index contributed by atoms with van der Waals surface area (Å²) in [4.78, 5) is 2.85. The molecule has 2 fully saturated rings. The number of hydrogen-bond donors (Lipinski definition) is 1. The number of hydrogen-bond acceptors (Lipinski definition) is 2. The van der Waals surface area contributed by atoms with Crippen LogP contribution in [0.25, 0.3) is 0 Å². The van der Waals surface area contributed by atoms with Crippen molar-refractivity contribution in [1.82, 2.24) is 10.2 Å². The first-order valence-corrected chi connectivity index (χ1v) is 9.72. The standard InChI is InChI=1S/C19H38N2/c1-4-9-16(3)14-21-15-19(17-11-7-6-8-12-17)20-13-18(21)10-5-2/h16-20H,4-15H2,1-3H3. The molecular formula is C19H38N2. The van der Waals surface area contributed by atoms with Gasteiger partial charge in [0.2, 0.25) is 0 Å². The van der Waals surface area contributed by atoms with Crippen molar-refractivity contribution in [2.45, 2.75) is 90.6 Å². The topological polar surface area (TPSA) is 15.3 Å². The van der Waals surface area contributed by atoms with Gasteiger partial charge in [-0.25, -0.2) is 0 Å². The molecule has 124 valence electrons. The van der Waals surface area contributed by atoms with Gasteiger partial charge in [0.1, 0.15) is 0 Å². The third-order valence-electron chi connectivity index (χ3n) is 5.73. The molecule has 2 aliphatic rings. The van der Waals surface area contributed by atoms with Crippen molar-refractivity contribution in [2.75, 3.05) is 19.6 Å². The smallest absolute Gasteiger partial charge is 0.0224 e.